The first-order valence-corrected chi connectivity index (χ1v) is 6.52. The van der Waals surface area contributed by atoms with Crippen molar-refractivity contribution in [2.45, 2.75) is 0 Å². The predicted octanol–water partition coefficient (Wildman–Crippen LogP) is 2.89. The van der Waals surface area contributed by atoms with Crippen LogP contribution in [0.1, 0.15) is 0 Å². The number of aromatic nitrogens is 2. The largest absolute Gasteiger partial charge is 0.453 e. The van der Waals surface area contributed by atoms with Gasteiger partial charge in [0.15, 0.2) is 5.82 Å². The van der Waals surface area contributed by atoms with Crippen LogP contribution in [0.4, 0.5) is 16.3 Å². The van der Waals surface area contributed by atoms with Crippen molar-refractivity contribution >= 4 is 23.2 Å². The summed E-state index contributed by atoms with van der Waals surface area (Å²) in [6.07, 6.45) is 1.07. The van der Waals surface area contributed by atoms with E-state index in [1.165, 1.54) is 7.11 Å². The number of anilines is 2. The third-order valence-electron chi connectivity index (χ3n) is 2.97. The van der Waals surface area contributed by atoms with E-state index < -0.39 is 6.09 Å². The van der Waals surface area contributed by atoms with E-state index in [9.17, 15) is 4.79 Å². The molecule has 3 aromatic rings. The van der Waals surface area contributed by atoms with Crippen LogP contribution < -0.4 is 15.8 Å². The number of pyridine rings is 1. The third kappa shape index (κ3) is 2.78. The molecule has 3 N–H and O–H groups in total. The Morgan fingerprint density at radius 2 is 2.00 bits per heavy atom. The second-order valence-corrected chi connectivity index (χ2v) is 4.51. The minimum Gasteiger partial charge on any atom is -0.453 e. The maximum atomic E-state index is 11.2. The summed E-state index contributed by atoms with van der Waals surface area (Å²) in [4.78, 5) is 15.5. The Labute approximate surface area is 126 Å². The van der Waals surface area contributed by atoms with E-state index in [1.807, 2.05) is 6.07 Å². The van der Waals surface area contributed by atoms with Gasteiger partial charge in [-0.15, -0.1) is 0 Å². The van der Waals surface area contributed by atoms with Crippen molar-refractivity contribution in [3.8, 4) is 11.6 Å². The second kappa shape index (κ2) is 5.65. The van der Waals surface area contributed by atoms with Crippen LogP contribution in [0.5, 0.6) is 11.6 Å². The van der Waals surface area contributed by atoms with Crippen LogP contribution in [-0.4, -0.2) is 22.6 Å². The van der Waals surface area contributed by atoms with E-state index in [1.54, 1.807) is 47.0 Å². The molecule has 3 rings (SSSR count). The Morgan fingerprint density at radius 1 is 1.23 bits per heavy atom. The predicted molar refractivity (Wildman–Crippen MR) is 82.1 cm³/mol. The van der Waals surface area contributed by atoms with Crippen molar-refractivity contribution in [3.05, 3.63) is 48.7 Å². The number of hydrogen-bond donors (Lipinski definition) is 2. The number of imidazole rings is 1. The smallest absolute Gasteiger partial charge is 0.412 e. The first-order valence-electron chi connectivity index (χ1n) is 6.52. The van der Waals surface area contributed by atoms with E-state index in [2.05, 4.69) is 15.0 Å². The lowest BCUT2D eigenvalue weighted by Gasteiger charge is -2.07. The number of nitrogens with two attached hydrogens (primary N) is 1. The first-order chi connectivity index (χ1) is 10.7. The van der Waals surface area contributed by atoms with Crippen molar-refractivity contribution in [2.75, 3.05) is 18.2 Å². The fraction of sp³-hybridized carbons (Fsp3) is 0.0667. The van der Waals surface area contributed by atoms with Crippen LogP contribution >= 0.6 is 0 Å². The number of hydrogen-bond acceptors (Lipinski definition) is 5. The zero-order valence-electron chi connectivity index (χ0n) is 11.8. The fourth-order valence-electron chi connectivity index (χ4n) is 1.94. The van der Waals surface area contributed by atoms with Gasteiger partial charge in [-0.25, -0.2) is 9.78 Å². The van der Waals surface area contributed by atoms with Crippen LogP contribution in [0.2, 0.25) is 0 Å². The number of nitrogen functional groups attached to an aromatic ring is 1. The Kier molecular flexibility index (Phi) is 3.53. The van der Waals surface area contributed by atoms with E-state index in [0.29, 0.717) is 28.8 Å². The van der Waals surface area contributed by atoms with E-state index >= 15 is 0 Å². The molecule has 112 valence electrons. The number of nitrogens with one attached hydrogen (secondary N) is 1. The zero-order valence-corrected chi connectivity index (χ0v) is 11.8. The maximum absolute atomic E-state index is 11.2. The topological polar surface area (TPSA) is 90.9 Å². The summed E-state index contributed by atoms with van der Waals surface area (Å²) >= 11 is 0. The molecule has 0 aliphatic heterocycles. The van der Waals surface area contributed by atoms with Crippen molar-refractivity contribution in [3.63, 3.8) is 0 Å². The molecular formula is C15H14N4O3. The van der Waals surface area contributed by atoms with Crippen molar-refractivity contribution in [1.29, 1.82) is 0 Å². The van der Waals surface area contributed by atoms with Gasteiger partial charge in [0.1, 0.15) is 11.4 Å². The SMILES string of the molecule is COC(=O)Nc1cn2c(Oc3ccc(N)cc3)cccc2n1. The minimum absolute atomic E-state index is 0.375. The lowest BCUT2D eigenvalue weighted by Crippen LogP contribution is -2.10. The highest BCUT2D eigenvalue weighted by atomic mass is 16.5. The van der Waals surface area contributed by atoms with Gasteiger partial charge < -0.3 is 15.2 Å². The summed E-state index contributed by atoms with van der Waals surface area (Å²) in [6, 6.07) is 12.5. The first kappa shape index (κ1) is 13.7. The molecule has 2 heterocycles. The van der Waals surface area contributed by atoms with Crippen molar-refractivity contribution in [1.82, 2.24) is 9.38 Å². The molecule has 22 heavy (non-hydrogen) atoms. The Hall–Kier alpha value is -3.22. The van der Waals surface area contributed by atoms with Gasteiger partial charge in [0, 0.05) is 5.69 Å². The molecule has 2 aromatic heterocycles. The molecule has 1 aromatic carbocycles. The van der Waals surface area contributed by atoms with Gasteiger partial charge in [-0.2, -0.15) is 0 Å². The number of amides is 1. The average molecular weight is 298 g/mol. The lowest BCUT2D eigenvalue weighted by molar-refractivity contribution is 0.187. The molecule has 7 heteroatoms. The molecule has 0 unspecified atom stereocenters. The number of nitrogens with zero attached hydrogens (tertiary/aromatic N) is 2. The number of rotatable bonds is 3. The lowest BCUT2D eigenvalue weighted by atomic mass is 10.3. The number of carbonyl (C=O) groups excluding carboxylic acids is 1. The summed E-state index contributed by atoms with van der Waals surface area (Å²) in [5.41, 5.74) is 6.95. The summed E-state index contributed by atoms with van der Waals surface area (Å²) < 4.78 is 12.1. The molecule has 0 aliphatic carbocycles. The van der Waals surface area contributed by atoms with E-state index in [4.69, 9.17) is 10.5 Å². The molecule has 0 saturated heterocycles. The summed E-state index contributed by atoms with van der Waals surface area (Å²) in [7, 11) is 1.29. The zero-order chi connectivity index (χ0) is 15.5. The number of fused-ring (bicyclic) bond motifs is 1. The summed E-state index contributed by atoms with van der Waals surface area (Å²) in [5.74, 6) is 1.59. The maximum Gasteiger partial charge on any atom is 0.412 e. The normalized spacial score (nSPS) is 10.4. The minimum atomic E-state index is -0.579. The highest BCUT2D eigenvalue weighted by Crippen LogP contribution is 2.24. The Morgan fingerprint density at radius 3 is 2.73 bits per heavy atom. The summed E-state index contributed by atoms with van der Waals surface area (Å²) in [6.45, 7) is 0. The number of methoxy groups -OCH3 is 1. The number of carbonyl (C=O) groups is 1. The molecule has 0 spiro atoms. The number of ether oxygens (including phenoxy) is 2. The van der Waals surface area contributed by atoms with E-state index in [-0.39, 0.29) is 0 Å². The second-order valence-electron chi connectivity index (χ2n) is 4.51. The van der Waals surface area contributed by atoms with Crippen molar-refractivity contribution < 1.29 is 14.3 Å². The van der Waals surface area contributed by atoms with Gasteiger partial charge in [-0.3, -0.25) is 9.72 Å². The van der Waals surface area contributed by atoms with Gasteiger partial charge in [0.2, 0.25) is 5.88 Å². The van der Waals surface area contributed by atoms with Gasteiger partial charge >= 0.3 is 6.09 Å². The monoisotopic (exact) mass is 298 g/mol. The molecule has 0 aliphatic rings. The molecule has 0 atom stereocenters. The quantitative estimate of drug-likeness (QED) is 0.725. The molecule has 0 fully saturated rings. The van der Waals surface area contributed by atoms with Crippen LogP contribution in [0.15, 0.2) is 48.7 Å². The molecule has 7 nitrogen and oxygen atoms in total. The van der Waals surface area contributed by atoms with Crippen LogP contribution in [0, 0.1) is 0 Å². The van der Waals surface area contributed by atoms with Gasteiger partial charge in [0.05, 0.1) is 13.3 Å². The molecule has 0 radical (unpaired) electrons. The number of benzene rings is 1. The summed E-state index contributed by atoms with van der Waals surface area (Å²) in [5, 5.41) is 2.51. The third-order valence-corrected chi connectivity index (χ3v) is 2.97. The van der Waals surface area contributed by atoms with Gasteiger partial charge in [0.25, 0.3) is 0 Å². The standard InChI is InChI=1S/C15H14N4O3/c1-21-15(20)18-12-9-19-13(17-12)3-2-4-14(19)22-11-7-5-10(16)6-8-11/h2-9H,16H2,1H3,(H,18,20). The highest BCUT2D eigenvalue weighted by molar-refractivity contribution is 5.83. The Bertz CT molecular complexity index is 811. The molecule has 0 bridgehead atoms. The van der Waals surface area contributed by atoms with Crippen LogP contribution in [0.25, 0.3) is 5.65 Å². The highest BCUT2D eigenvalue weighted by Gasteiger charge is 2.09. The average Bonchev–Trinajstić information content (AvgIpc) is 2.93. The van der Waals surface area contributed by atoms with Crippen LogP contribution in [0.3, 0.4) is 0 Å². The van der Waals surface area contributed by atoms with E-state index in [0.717, 1.165) is 0 Å². The van der Waals surface area contributed by atoms with Crippen LogP contribution in [-0.2, 0) is 4.74 Å². The Balaban J connectivity index is 1.92. The molecular weight excluding hydrogens is 284 g/mol. The molecule has 1 amide bonds. The van der Waals surface area contributed by atoms with Gasteiger partial charge in [-0.1, -0.05) is 6.07 Å². The van der Waals surface area contributed by atoms with Crippen molar-refractivity contribution in [2.24, 2.45) is 0 Å². The molecule has 0 saturated carbocycles. The van der Waals surface area contributed by atoms with Gasteiger partial charge in [-0.05, 0) is 36.4 Å². The fourth-order valence-corrected chi connectivity index (χ4v) is 1.94.